The van der Waals surface area contributed by atoms with Crippen molar-refractivity contribution in [1.29, 1.82) is 0 Å². The normalized spacial score (nSPS) is 20.2. The maximum Gasteiger partial charge on any atom is 0.263 e. The predicted octanol–water partition coefficient (Wildman–Crippen LogP) is 3.86. The Hall–Kier alpha value is -1.60. The topological polar surface area (TPSA) is 55.2 Å². The van der Waals surface area contributed by atoms with Gasteiger partial charge in [-0.25, -0.2) is 4.98 Å². The standard InChI is InChI=1S/C20H27N3O2S2/c1-6-7-23-19(25)17-14(4)15(5)27-18(17)21-20(23)26-11-16(24)22-9-12(2)8-13(3)10-22/h6,12-13H,1,7-11H2,2-5H3/t12-,13+. The summed E-state index contributed by atoms with van der Waals surface area (Å²) in [4.78, 5) is 34.2. The molecule has 1 amide bonds. The lowest BCUT2D eigenvalue weighted by atomic mass is 9.92. The van der Waals surface area contributed by atoms with Gasteiger partial charge in [-0.15, -0.1) is 17.9 Å². The number of hydrogen-bond donors (Lipinski definition) is 0. The van der Waals surface area contributed by atoms with Crippen LogP contribution in [0.25, 0.3) is 10.2 Å². The zero-order valence-electron chi connectivity index (χ0n) is 16.4. The van der Waals surface area contributed by atoms with Gasteiger partial charge in [-0.3, -0.25) is 14.2 Å². The van der Waals surface area contributed by atoms with Gasteiger partial charge in [0.15, 0.2) is 5.16 Å². The SMILES string of the molecule is C=CCn1c(SCC(=O)N2C[C@H](C)C[C@H](C)C2)nc2sc(C)c(C)c2c1=O. The molecule has 0 spiro atoms. The third-order valence-electron chi connectivity index (χ3n) is 5.11. The molecule has 1 aliphatic rings. The maximum atomic E-state index is 13.0. The number of carbonyl (C=O) groups is 1. The Balaban J connectivity index is 1.85. The molecule has 5 nitrogen and oxygen atoms in total. The molecule has 0 radical (unpaired) electrons. The Labute approximate surface area is 168 Å². The van der Waals surface area contributed by atoms with Crippen LogP contribution in [0.5, 0.6) is 0 Å². The summed E-state index contributed by atoms with van der Waals surface area (Å²) in [5.41, 5.74) is 0.950. The fraction of sp³-hybridized carbons (Fsp3) is 0.550. The Morgan fingerprint density at radius 1 is 1.33 bits per heavy atom. The molecule has 1 fully saturated rings. The first kappa shape index (κ1) is 20.1. The Kier molecular flexibility index (Phi) is 6.11. The summed E-state index contributed by atoms with van der Waals surface area (Å²) >= 11 is 2.89. The molecule has 0 aliphatic carbocycles. The van der Waals surface area contributed by atoms with Gasteiger partial charge in [0.05, 0.1) is 11.1 Å². The smallest absolute Gasteiger partial charge is 0.263 e. The van der Waals surface area contributed by atoms with E-state index in [4.69, 9.17) is 4.98 Å². The first-order chi connectivity index (χ1) is 12.8. The first-order valence-electron chi connectivity index (χ1n) is 9.33. The number of thioether (sulfide) groups is 1. The van der Waals surface area contributed by atoms with Crippen molar-refractivity contribution < 1.29 is 4.79 Å². The van der Waals surface area contributed by atoms with Crippen molar-refractivity contribution in [3.8, 4) is 0 Å². The number of likely N-dealkylation sites (tertiary alicyclic amines) is 1. The lowest BCUT2D eigenvalue weighted by Gasteiger charge is -2.35. The largest absolute Gasteiger partial charge is 0.341 e. The van der Waals surface area contributed by atoms with E-state index < -0.39 is 0 Å². The molecular formula is C20H27N3O2S2. The highest BCUT2D eigenvalue weighted by molar-refractivity contribution is 7.99. The molecule has 2 aromatic rings. The van der Waals surface area contributed by atoms with Crippen LogP contribution in [0.3, 0.4) is 0 Å². The average molecular weight is 406 g/mol. The van der Waals surface area contributed by atoms with Gasteiger partial charge in [0.2, 0.25) is 5.91 Å². The number of rotatable bonds is 5. The van der Waals surface area contributed by atoms with Crippen molar-refractivity contribution in [1.82, 2.24) is 14.5 Å². The van der Waals surface area contributed by atoms with Crippen LogP contribution in [0.2, 0.25) is 0 Å². The number of piperidine rings is 1. The number of nitrogens with zero attached hydrogens (tertiary/aromatic N) is 3. The number of allylic oxidation sites excluding steroid dienone is 1. The van der Waals surface area contributed by atoms with Crippen molar-refractivity contribution in [2.24, 2.45) is 11.8 Å². The maximum absolute atomic E-state index is 13.0. The molecule has 0 bridgehead atoms. The van der Waals surface area contributed by atoms with E-state index in [0.717, 1.165) is 28.4 Å². The quantitative estimate of drug-likeness (QED) is 0.431. The number of hydrogen-bond acceptors (Lipinski definition) is 5. The average Bonchev–Trinajstić information content (AvgIpc) is 2.89. The van der Waals surface area contributed by atoms with Crippen LogP contribution in [0, 0.1) is 25.7 Å². The van der Waals surface area contributed by atoms with E-state index in [2.05, 4.69) is 20.4 Å². The van der Waals surface area contributed by atoms with E-state index >= 15 is 0 Å². The highest BCUT2D eigenvalue weighted by Gasteiger charge is 2.26. The van der Waals surface area contributed by atoms with E-state index in [0.29, 0.717) is 34.7 Å². The number of carbonyl (C=O) groups excluding carboxylic acids is 1. The number of aryl methyl sites for hydroxylation is 2. The number of fused-ring (bicyclic) bond motifs is 1. The molecule has 0 saturated carbocycles. The summed E-state index contributed by atoms with van der Waals surface area (Å²) in [6.45, 7) is 14.2. The third-order valence-corrected chi connectivity index (χ3v) is 7.17. The second-order valence-corrected chi connectivity index (χ2v) is 9.74. The molecule has 27 heavy (non-hydrogen) atoms. The van der Waals surface area contributed by atoms with Gasteiger partial charge in [0.25, 0.3) is 5.56 Å². The Morgan fingerprint density at radius 2 is 2.00 bits per heavy atom. The molecule has 7 heteroatoms. The molecule has 1 saturated heterocycles. The fourth-order valence-corrected chi connectivity index (χ4v) is 5.77. The van der Waals surface area contributed by atoms with Gasteiger partial charge < -0.3 is 4.90 Å². The van der Waals surface area contributed by atoms with E-state index in [1.54, 1.807) is 10.6 Å². The lowest BCUT2D eigenvalue weighted by molar-refractivity contribution is -0.130. The van der Waals surface area contributed by atoms with Gasteiger partial charge in [-0.05, 0) is 37.7 Å². The van der Waals surface area contributed by atoms with Crippen LogP contribution < -0.4 is 5.56 Å². The molecule has 1 aliphatic heterocycles. The monoisotopic (exact) mass is 405 g/mol. The van der Waals surface area contributed by atoms with Crippen LogP contribution in [-0.4, -0.2) is 39.2 Å². The van der Waals surface area contributed by atoms with Gasteiger partial charge in [-0.2, -0.15) is 0 Å². The molecule has 2 atom stereocenters. The zero-order chi connectivity index (χ0) is 19.7. The van der Waals surface area contributed by atoms with Crippen LogP contribution in [-0.2, 0) is 11.3 Å². The minimum absolute atomic E-state index is 0.0445. The molecule has 3 rings (SSSR count). The fourth-order valence-electron chi connectivity index (χ4n) is 3.79. The summed E-state index contributed by atoms with van der Waals surface area (Å²) in [6.07, 6.45) is 2.87. The molecule has 2 aromatic heterocycles. The molecule has 0 aromatic carbocycles. The van der Waals surface area contributed by atoms with Crippen LogP contribution in [0.1, 0.15) is 30.7 Å². The van der Waals surface area contributed by atoms with Crippen LogP contribution in [0.15, 0.2) is 22.6 Å². The molecule has 146 valence electrons. The van der Waals surface area contributed by atoms with E-state index in [1.807, 2.05) is 18.7 Å². The van der Waals surface area contributed by atoms with Crippen molar-refractivity contribution in [3.63, 3.8) is 0 Å². The molecule has 0 N–H and O–H groups in total. The summed E-state index contributed by atoms with van der Waals surface area (Å²) < 4.78 is 1.63. The van der Waals surface area contributed by atoms with Crippen molar-refractivity contribution in [2.45, 2.75) is 45.8 Å². The van der Waals surface area contributed by atoms with Gasteiger partial charge in [0, 0.05) is 24.5 Å². The van der Waals surface area contributed by atoms with Gasteiger partial charge >= 0.3 is 0 Å². The van der Waals surface area contributed by atoms with E-state index in [1.165, 1.54) is 29.5 Å². The summed E-state index contributed by atoms with van der Waals surface area (Å²) in [5, 5.41) is 1.29. The van der Waals surface area contributed by atoms with Gasteiger partial charge in [-0.1, -0.05) is 31.7 Å². The Bertz CT molecular complexity index is 921. The summed E-state index contributed by atoms with van der Waals surface area (Å²) in [7, 11) is 0. The van der Waals surface area contributed by atoms with Crippen molar-refractivity contribution in [2.75, 3.05) is 18.8 Å². The Morgan fingerprint density at radius 3 is 2.63 bits per heavy atom. The predicted molar refractivity (Wildman–Crippen MR) is 114 cm³/mol. The van der Waals surface area contributed by atoms with Crippen molar-refractivity contribution in [3.05, 3.63) is 33.4 Å². The third kappa shape index (κ3) is 4.14. The van der Waals surface area contributed by atoms with Crippen LogP contribution in [0.4, 0.5) is 0 Å². The highest BCUT2D eigenvalue weighted by atomic mass is 32.2. The van der Waals surface area contributed by atoms with Crippen LogP contribution >= 0.6 is 23.1 Å². The minimum atomic E-state index is -0.0445. The number of aromatic nitrogens is 2. The second kappa shape index (κ2) is 8.19. The molecule has 3 heterocycles. The second-order valence-electron chi connectivity index (χ2n) is 7.60. The van der Waals surface area contributed by atoms with E-state index in [9.17, 15) is 9.59 Å². The lowest BCUT2D eigenvalue weighted by Crippen LogP contribution is -2.43. The van der Waals surface area contributed by atoms with Gasteiger partial charge in [0.1, 0.15) is 4.83 Å². The number of amides is 1. The highest BCUT2D eigenvalue weighted by Crippen LogP contribution is 2.29. The zero-order valence-corrected chi connectivity index (χ0v) is 18.1. The van der Waals surface area contributed by atoms with E-state index in [-0.39, 0.29) is 11.5 Å². The van der Waals surface area contributed by atoms with Crippen molar-refractivity contribution >= 4 is 39.2 Å². The minimum Gasteiger partial charge on any atom is -0.341 e. The molecular weight excluding hydrogens is 378 g/mol. The molecule has 0 unspecified atom stereocenters. The first-order valence-corrected chi connectivity index (χ1v) is 11.1. The summed E-state index contributed by atoms with van der Waals surface area (Å²) in [5.74, 6) is 1.50. The number of thiophene rings is 1. The summed E-state index contributed by atoms with van der Waals surface area (Å²) in [6, 6.07) is 0.